The van der Waals surface area contributed by atoms with E-state index in [1.54, 1.807) is 0 Å². The van der Waals surface area contributed by atoms with Gasteiger partial charge in [0, 0.05) is 12.8 Å². The molecule has 4 nitrogen and oxygen atoms in total. The van der Waals surface area contributed by atoms with E-state index in [1.165, 1.54) is 12.8 Å². The molecule has 17 heavy (non-hydrogen) atoms. The van der Waals surface area contributed by atoms with Crippen LogP contribution in [-0.4, -0.2) is 23.2 Å². The lowest BCUT2D eigenvalue weighted by Crippen LogP contribution is -2.30. The second kappa shape index (κ2) is 5.17. The highest BCUT2D eigenvalue weighted by molar-refractivity contribution is 4.91. The highest BCUT2D eigenvalue weighted by Crippen LogP contribution is 2.20. The fourth-order valence-electron chi connectivity index (χ4n) is 2.26. The Hall–Kier alpha value is -0.900. The molecule has 1 saturated heterocycles. The maximum absolute atomic E-state index is 5.32. The summed E-state index contributed by atoms with van der Waals surface area (Å²) in [6.45, 7) is 8.79. The minimum atomic E-state index is 0.216. The molecule has 2 rings (SSSR count). The van der Waals surface area contributed by atoms with Gasteiger partial charge >= 0.3 is 0 Å². The van der Waals surface area contributed by atoms with Gasteiger partial charge in [0.1, 0.15) is 0 Å². The zero-order chi connectivity index (χ0) is 12.3. The van der Waals surface area contributed by atoms with E-state index in [-0.39, 0.29) is 5.41 Å². The number of piperidine rings is 1. The van der Waals surface area contributed by atoms with Gasteiger partial charge in [-0.2, -0.15) is 4.98 Å². The van der Waals surface area contributed by atoms with Crippen LogP contribution in [0.2, 0.25) is 0 Å². The van der Waals surface area contributed by atoms with Crippen LogP contribution in [0.3, 0.4) is 0 Å². The summed E-state index contributed by atoms with van der Waals surface area (Å²) in [6, 6.07) is 0. The quantitative estimate of drug-likeness (QED) is 0.875. The van der Waals surface area contributed by atoms with Crippen LogP contribution < -0.4 is 5.32 Å². The van der Waals surface area contributed by atoms with E-state index < -0.39 is 0 Å². The van der Waals surface area contributed by atoms with Crippen molar-refractivity contribution in [2.24, 2.45) is 11.3 Å². The summed E-state index contributed by atoms with van der Waals surface area (Å²) in [5, 5.41) is 7.47. The predicted octanol–water partition coefficient (Wildman–Crippen LogP) is 2.20. The van der Waals surface area contributed by atoms with E-state index in [2.05, 4.69) is 36.2 Å². The van der Waals surface area contributed by atoms with Gasteiger partial charge in [-0.15, -0.1) is 0 Å². The van der Waals surface area contributed by atoms with E-state index in [9.17, 15) is 0 Å². The molecule has 1 aromatic heterocycles. The van der Waals surface area contributed by atoms with E-state index in [0.29, 0.717) is 5.92 Å². The molecule has 0 spiro atoms. The molecule has 1 atom stereocenters. The molecule has 0 saturated carbocycles. The first-order chi connectivity index (χ1) is 8.03. The summed E-state index contributed by atoms with van der Waals surface area (Å²) in [5.74, 6) is 2.31. The van der Waals surface area contributed by atoms with Crippen molar-refractivity contribution in [1.82, 2.24) is 15.5 Å². The van der Waals surface area contributed by atoms with E-state index >= 15 is 0 Å². The van der Waals surface area contributed by atoms with Crippen LogP contribution in [0.25, 0.3) is 0 Å². The molecule has 0 radical (unpaired) electrons. The van der Waals surface area contributed by atoms with Gasteiger partial charge in [0.05, 0.1) is 0 Å². The standard InChI is InChI=1S/C13H23N3O/c1-13(2,3)8-11-15-12(17-16-11)7-10-5-4-6-14-9-10/h10,14H,4-9H2,1-3H3. The first-order valence-electron chi connectivity index (χ1n) is 6.55. The van der Waals surface area contributed by atoms with Crippen LogP contribution in [0.15, 0.2) is 4.52 Å². The highest BCUT2D eigenvalue weighted by atomic mass is 16.5. The Morgan fingerprint density at radius 2 is 2.24 bits per heavy atom. The number of hydrogen-bond donors (Lipinski definition) is 1. The van der Waals surface area contributed by atoms with Gasteiger partial charge in [-0.25, -0.2) is 0 Å². The smallest absolute Gasteiger partial charge is 0.226 e. The van der Waals surface area contributed by atoms with Crippen molar-refractivity contribution < 1.29 is 4.52 Å². The maximum atomic E-state index is 5.32. The molecular weight excluding hydrogens is 214 g/mol. The molecule has 1 fully saturated rings. The van der Waals surface area contributed by atoms with Gasteiger partial charge in [0.2, 0.25) is 5.89 Å². The van der Waals surface area contributed by atoms with Crippen molar-refractivity contribution in [2.45, 2.75) is 46.5 Å². The third kappa shape index (κ3) is 4.11. The Balaban J connectivity index is 1.89. The Morgan fingerprint density at radius 3 is 2.88 bits per heavy atom. The van der Waals surface area contributed by atoms with Crippen molar-refractivity contribution in [3.05, 3.63) is 11.7 Å². The molecule has 1 aliphatic rings. The lowest BCUT2D eigenvalue weighted by molar-refractivity contribution is 0.311. The third-order valence-electron chi connectivity index (χ3n) is 3.06. The van der Waals surface area contributed by atoms with Crippen LogP contribution >= 0.6 is 0 Å². The molecule has 4 heteroatoms. The van der Waals surface area contributed by atoms with E-state index in [1.807, 2.05) is 0 Å². The van der Waals surface area contributed by atoms with Crippen molar-refractivity contribution in [1.29, 1.82) is 0 Å². The van der Waals surface area contributed by atoms with Crippen LogP contribution in [0, 0.1) is 11.3 Å². The first kappa shape index (κ1) is 12.6. The lowest BCUT2D eigenvalue weighted by atomic mass is 9.92. The molecule has 1 N–H and O–H groups in total. The van der Waals surface area contributed by atoms with Gasteiger partial charge in [-0.3, -0.25) is 0 Å². The summed E-state index contributed by atoms with van der Waals surface area (Å²) in [4.78, 5) is 4.48. The van der Waals surface area contributed by atoms with Crippen molar-refractivity contribution in [3.63, 3.8) is 0 Å². The zero-order valence-corrected chi connectivity index (χ0v) is 11.1. The Bertz CT molecular complexity index is 348. The second-order valence-corrected chi connectivity index (χ2v) is 6.26. The Labute approximate surface area is 103 Å². The van der Waals surface area contributed by atoms with Gasteiger partial charge in [-0.1, -0.05) is 25.9 Å². The van der Waals surface area contributed by atoms with Crippen LogP contribution in [-0.2, 0) is 12.8 Å². The van der Waals surface area contributed by atoms with E-state index in [0.717, 1.165) is 37.6 Å². The third-order valence-corrected chi connectivity index (χ3v) is 3.06. The molecule has 2 heterocycles. The molecule has 1 aliphatic heterocycles. The van der Waals surface area contributed by atoms with Crippen LogP contribution in [0.5, 0.6) is 0 Å². The van der Waals surface area contributed by atoms with Crippen molar-refractivity contribution >= 4 is 0 Å². The number of nitrogens with zero attached hydrogens (tertiary/aromatic N) is 2. The molecule has 1 aromatic rings. The van der Waals surface area contributed by atoms with Crippen LogP contribution in [0.1, 0.15) is 45.3 Å². The van der Waals surface area contributed by atoms with Gasteiger partial charge in [-0.05, 0) is 37.3 Å². The van der Waals surface area contributed by atoms with Gasteiger partial charge in [0.25, 0.3) is 0 Å². The number of hydrogen-bond acceptors (Lipinski definition) is 4. The molecule has 0 amide bonds. The Kier molecular flexibility index (Phi) is 3.82. The molecule has 96 valence electrons. The average Bonchev–Trinajstić information content (AvgIpc) is 2.64. The number of aromatic nitrogens is 2. The maximum Gasteiger partial charge on any atom is 0.226 e. The highest BCUT2D eigenvalue weighted by Gasteiger charge is 2.19. The molecule has 0 bridgehead atoms. The fraction of sp³-hybridized carbons (Fsp3) is 0.846. The Morgan fingerprint density at radius 1 is 1.41 bits per heavy atom. The summed E-state index contributed by atoms with van der Waals surface area (Å²) in [6.07, 6.45) is 4.32. The normalized spacial score (nSPS) is 21.7. The number of nitrogens with one attached hydrogen (secondary N) is 1. The predicted molar refractivity (Wildman–Crippen MR) is 66.8 cm³/mol. The number of rotatable bonds is 3. The largest absolute Gasteiger partial charge is 0.339 e. The molecule has 0 aromatic carbocycles. The fourth-order valence-corrected chi connectivity index (χ4v) is 2.26. The summed E-state index contributed by atoms with van der Waals surface area (Å²) in [5.41, 5.74) is 0.216. The average molecular weight is 237 g/mol. The summed E-state index contributed by atoms with van der Waals surface area (Å²) in [7, 11) is 0. The lowest BCUT2D eigenvalue weighted by Gasteiger charge is -2.20. The van der Waals surface area contributed by atoms with Crippen molar-refractivity contribution in [3.8, 4) is 0 Å². The topological polar surface area (TPSA) is 51.0 Å². The second-order valence-electron chi connectivity index (χ2n) is 6.26. The van der Waals surface area contributed by atoms with Gasteiger partial charge < -0.3 is 9.84 Å². The van der Waals surface area contributed by atoms with Crippen molar-refractivity contribution in [2.75, 3.05) is 13.1 Å². The first-order valence-corrected chi connectivity index (χ1v) is 6.55. The van der Waals surface area contributed by atoms with Gasteiger partial charge in [0.15, 0.2) is 5.82 Å². The summed E-state index contributed by atoms with van der Waals surface area (Å²) >= 11 is 0. The minimum absolute atomic E-state index is 0.216. The summed E-state index contributed by atoms with van der Waals surface area (Å²) < 4.78 is 5.32. The SMILES string of the molecule is CC(C)(C)Cc1noc(CC2CCCNC2)n1. The molecule has 0 aliphatic carbocycles. The zero-order valence-electron chi connectivity index (χ0n) is 11.1. The monoisotopic (exact) mass is 237 g/mol. The van der Waals surface area contributed by atoms with E-state index in [4.69, 9.17) is 4.52 Å². The molecule has 1 unspecified atom stereocenters. The van der Waals surface area contributed by atoms with Crippen LogP contribution in [0.4, 0.5) is 0 Å². The molecular formula is C13H23N3O. The minimum Gasteiger partial charge on any atom is -0.339 e.